The lowest BCUT2D eigenvalue weighted by Crippen LogP contribution is -2.09. The Balaban J connectivity index is 1.11. The van der Waals surface area contributed by atoms with Gasteiger partial charge in [0.2, 0.25) is 0 Å². The molecule has 0 aliphatic rings. The van der Waals surface area contributed by atoms with E-state index in [2.05, 4.69) is 103 Å². The molecule has 0 radical (unpaired) electrons. The Bertz CT molecular complexity index is 3160. The largest absolute Gasteiger partial charge is 0.311 e. The third kappa shape index (κ3) is 6.12. The maximum Gasteiger partial charge on any atom is 0.0645 e. The molecule has 0 saturated heterocycles. The van der Waals surface area contributed by atoms with E-state index in [0.29, 0.717) is 5.56 Å². The van der Waals surface area contributed by atoms with Crippen molar-refractivity contribution in [1.29, 1.82) is 0 Å². The van der Waals surface area contributed by atoms with Gasteiger partial charge >= 0.3 is 0 Å². The van der Waals surface area contributed by atoms with Gasteiger partial charge < -0.3 is 4.90 Å². The number of rotatable bonds is 7. The van der Waals surface area contributed by atoms with Gasteiger partial charge in [-0.25, -0.2) is 0 Å². The molecule has 0 heterocycles. The number of nitrogens with zero attached hydrogens (tertiary/aromatic N) is 1. The van der Waals surface area contributed by atoms with Gasteiger partial charge in [0.25, 0.3) is 0 Å². The molecule has 0 unspecified atom stereocenters. The first-order valence-corrected chi connectivity index (χ1v) is 18.6. The van der Waals surface area contributed by atoms with Crippen molar-refractivity contribution in [3.63, 3.8) is 0 Å². The minimum absolute atomic E-state index is 0.0961. The van der Waals surface area contributed by atoms with Crippen LogP contribution < -0.4 is 4.90 Å². The monoisotopic (exact) mass is 703 g/mol. The predicted molar refractivity (Wildman–Crippen MR) is 235 cm³/mol. The van der Waals surface area contributed by atoms with Crippen LogP contribution in [0.2, 0.25) is 0 Å². The number of hydrogen-bond acceptors (Lipinski definition) is 1. The molecule has 0 fully saturated rings. The second-order valence-corrected chi connectivity index (χ2v) is 13.8. The molecule has 0 atom stereocenters. The minimum atomic E-state index is -0.117. The number of hydrogen-bond donors (Lipinski definition) is 0. The Morgan fingerprint density at radius 1 is 0.273 bits per heavy atom. The summed E-state index contributed by atoms with van der Waals surface area (Å²) in [5.41, 5.74) is 8.78. The Kier molecular flexibility index (Phi) is 7.19. The maximum atomic E-state index is 9.57. The summed E-state index contributed by atoms with van der Waals surface area (Å²) in [6.07, 6.45) is 0. The lowest BCUT2D eigenvalue weighted by atomic mass is 9.93. The molecule has 10 aromatic carbocycles. The molecule has 0 N–H and O–H groups in total. The normalized spacial score (nSPS) is 12.3. The van der Waals surface area contributed by atoms with Crippen molar-refractivity contribution in [2.24, 2.45) is 0 Å². The summed E-state index contributed by atoms with van der Waals surface area (Å²) in [6.45, 7) is 0. The van der Waals surface area contributed by atoms with E-state index in [0.717, 1.165) is 66.3 Å². The highest BCUT2D eigenvalue weighted by molar-refractivity contribution is 6.13. The first kappa shape index (κ1) is 28.3. The van der Waals surface area contributed by atoms with E-state index in [1.165, 1.54) is 10.8 Å². The molecule has 0 aromatic heterocycles. The third-order valence-corrected chi connectivity index (χ3v) is 10.5. The van der Waals surface area contributed by atoms with Crippen molar-refractivity contribution < 1.29 is 5.48 Å². The fourth-order valence-corrected chi connectivity index (χ4v) is 7.81. The summed E-state index contributed by atoms with van der Waals surface area (Å²) in [5.74, 6) is 0. The van der Waals surface area contributed by atoms with Crippen molar-refractivity contribution in [1.82, 2.24) is 0 Å². The van der Waals surface area contributed by atoms with Crippen LogP contribution in [0.25, 0.3) is 76.8 Å². The summed E-state index contributed by atoms with van der Waals surface area (Å²) in [4.78, 5) is 1.86. The highest BCUT2D eigenvalue weighted by Gasteiger charge is 2.15. The molecule has 55 heavy (non-hydrogen) atoms. The molecule has 0 bridgehead atoms. The van der Waals surface area contributed by atoms with E-state index in [-0.39, 0.29) is 35.4 Å². The Morgan fingerprint density at radius 2 is 0.800 bits per heavy atom. The van der Waals surface area contributed by atoms with Crippen molar-refractivity contribution in [2.75, 3.05) is 4.90 Å². The molecular weight excluding hydrogens is 663 g/mol. The van der Waals surface area contributed by atoms with Gasteiger partial charge in [0, 0.05) is 17.1 Å². The highest BCUT2D eigenvalue weighted by Crippen LogP contribution is 2.40. The molecule has 258 valence electrons. The Morgan fingerprint density at radius 3 is 1.55 bits per heavy atom. The van der Waals surface area contributed by atoms with E-state index < -0.39 is 0 Å². The van der Waals surface area contributed by atoms with Crippen molar-refractivity contribution in [3.05, 3.63) is 224 Å². The lowest BCUT2D eigenvalue weighted by molar-refractivity contribution is 1.28. The Labute approximate surface area is 327 Å². The SMILES string of the molecule is [2H]c1c([2H])c(N(c2ccc(-c3ccccc3)cc2)c2ccc(-c3cc4ccccc4c4ccccc34)cc2)c([2H])c([2H])c1-c1cccc(-c2cccc3ccccc23)c1. The maximum absolute atomic E-state index is 9.57. The molecule has 0 amide bonds. The molecule has 1 nitrogen and oxygen atoms in total. The second kappa shape index (κ2) is 14.0. The minimum Gasteiger partial charge on any atom is -0.311 e. The molecule has 0 aliphatic heterocycles. The summed E-state index contributed by atoms with van der Waals surface area (Å²) < 4.78 is 38.0. The highest BCUT2D eigenvalue weighted by atomic mass is 15.1. The Hall–Kier alpha value is -7.22. The predicted octanol–water partition coefficient (Wildman–Crippen LogP) is 15.3. The first-order valence-electron chi connectivity index (χ1n) is 20.6. The molecule has 0 aliphatic carbocycles. The zero-order valence-corrected chi connectivity index (χ0v) is 30.0. The van der Waals surface area contributed by atoms with E-state index >= 15 is 0 Å². The van der Waals surface area contributed by atoms with Gasteiger partial charge in [-0.2, -0.15) is 0 Å². The molecule has 0 saturated carbocycles. The van der Waals surface area contributed by atoms with Crippen LogP contribution in [-0.2, 0) is 0 Å². The summed E-state index contributed by atoms with van der Waals surface area (Å²) in [6, 6.07) is 67.4. The summed E-state index contributed by atoms with van der Waals surface area (Å²) in [5, 5.41) is 6.95. The molecule has 0 spiro atoms. The topological polar surface area (TPSA) is 3.24 Å². The summed E-state index contributed by atoms with van der Waals surface area (Å²) >= 11 is 0. The van der Waals surface area contributed by atoms with Crippen molar-refractivity contribution >= 4 is 49.4 Å². The van der Waals surface area contributed by atoms with E-state index in [4.69, 9.17) is 0 Å². The number of anilines is 3. The van der Waals surface area contributed by atoms with Gasteiger partial charge in [-0.05, 0) is 125 Å². The van der Waals surface area contributed by atoms with Crippen LogP contribution in [0.15, 0.2) is 224 Å². The quantitative estimate of drug-likeness (QED) is 0.149. The fourth-order valence-electron chi connectivity index (χ4n) is 7.81. The average molecular weight is 704 g/mol. The van der Waals surface area contributed by atoms with E-state index in [1.54, 1.807) is 0 Å². The van der Waals surface area contributed by atoms with Gasteiger partial charge in [-0.1, -0.05) is 176 Å². The molecule has 10 aromatic rings. The zero-order valence-electron chi connectivity index (χ0n) is 34.0. The second-order valence-electron chi connectivity index (χ2n) is 13.8. The summed E-state index contributed by atoms with van der Waals surface area (Å²) in [7, 11) is 0. The van der Waals surface area contributed by atoms with Crippen LogP contribution in [-0.4, -0.2) is 0 Å². The third-order valence-electron chi connectivity index (χ3n) is 10.5. The van der Waals surface area contributed by atoms with Gasteiger partial charge in [0.15, 0.2) is 0 Å². The molecular formula is C54H37N. The number of fused-ring (bicyclic) bond motifs is 4. The lowest BCUT2D eigenvalue weighted by Gasteiger charge is -2.26. The van der Waals surface area contributed by atoms with Gasteiger partial charge in [0.1, 0.15) is 0 Å². The van der Waals surface area contributed by atoms with Crippen molar-refractivity contribution in [3.8, 4) is 44.5 Å². The van der Waals surface area contributed by atoms with Gasteiger partial charge in [0.05, 0.1) is 5.48 Å². The van der Waals surface area contributed by atoms with Crippen LogP contribution in [0.5, 0.6) is 0 Å². The van der Waals surface area contributed by atoms with Crippen molar-refractivity contribution in [2.45, 2.75) is 0 Å². The van der Waals surface area contributed by atoms with E-state index in [9.17, 15) is 5.48 Å². The van der Waals surface area contributed by atoms with Crippen LogP contribution >= 0.6 is 0 Å². The van der Waals surface area contributed by atoms with E-state index in [1.807, 2.05) is 102 Å². The van der Waals surface area contributed by atoms with Crippen LogP contribution in [0, 0.1) is 0 Å². The molecule has 1 heteroatoms. The van der Waals surface area contributed by atoms with Crippen LogP contribution in [0.4, 0.5) is 17.1 Å². The average Bonchev–Trinajstić information content (AvgIpc) is 3.30. The van der Waals surface area contributed by atoms with Crippen LogP contribution in [0.1, 0.15) is 5.48 Å². The van der Waals surface area contributed by atoms with Crippen LogP contribution in [0.3, 0.4) is 0 Å². The first-order chi connectivity index (χ1) is 28.9. The van der Waals surface area contributed by atoms with Gasteiger partial charge in [-0.3, -0.25) is 0 Å². The standard InChI is InChI=1S/C54H37N/c1-2-12-38(13-3-1)39-24-30-46(31-25-39)55(48-34-28-42(29-35-48)54-37-45-15-5-7-20-51(45)52-21-8-9-22-53(52)54)47-32-26-40(27-33-47)43-17-10-18-44(36-43)50-23-11-16-41-14-4-6-19-49(41)50/h1-37H/i26D,27D,32D,33D. The van der Waals surface area contributed by atoms with Gasteiger partial charge in [-0.15, -0.1) is 0 Å². The number of benzene rings is 10. The fraction of sp³-hybridized carbons (Fsp3) is 0. The zero-order chi connectivity index (χ0) is 40.0. The smallest absolute Gasteiger partial charge is 0.0645 e. The molecule has 10 rings (SSSR count).